The van der Waals surface area contributed by atoms with Crippen molar-refractivity contribution in [3.63, 3.8) is 0 Å². The fraction of sp³-hybridized carbons (Fsp3) is 0.357. The Balaban J connectivity index is 1.82. The highest BCUT2D eigenvalue weighted by Gasteiger charge is 2.20. The van der Waals surface area contributed by atoms with Crippen LogP contribution in [0.15, 0.2) is 30.6 Å². The second-order valence-electron chi connectivity index (χ2n) is 4.72. The molecule has 0 atom stereocenters. The Morgan fingerprint density at radius 3 is 3.06 bits per heavy atom. The van der Waals surface area contributed by atoms with Crippen molar-refractivity contribution in [2.24, 2.45) is 0 Å². The van der Waals surface area contributed by atoms with Gasteiger partial charge < -0.3 is 10.6 Å². The minimum absolute atomic E-state index is 0.913. The van der Waals surface area contributed by atoms with Gasteiger partial charge in [-0.15, -0.1) is 0 Å². The number of hydrogen-bond acceptors (Lipinski definition) is 3. The van der Waals surface area contributed by atoms with Crippen molar-refractivity contribution in [1.82, 2.24) is 9.78 Å². The molecule has 2 aromatic rings. The summed E-state index contributed by atoms with van der Waals surface area (Å²) in [5.41, 5.74) is 10.8. The summed E-state index contributed by atoms with van der Waals surface area (Å²) in [6.07, 6.45) is 5.11. The van der Waals surface area contributed by atoms with Crippen LogP contribution < -0.4 is 10.6 Å². The van der Waals surface area contributed by atoms with Crippen molar-refractivity contribution in [2.75, 3.05) is 17.2 Å². The first-order chi connectivity index (χ1) is 8.78. The Kier molecular flexibility index (Phi) is 2.70. The smallest absolute Gasteiger partial charge is 0.0539 e. The molecule has 1 aromatic carbocycles. The molecule has 18 heavy (non-hydrogen) atoms. The van der Waals surface area contributed by atoms with Gasteiger partial charge in [0.05, 0.1) is 6.20 Å². The zero-order valence-electron chi connectivity index (χ0n) is 10.6. The third-order valence-electron chi connectivity index (χ3n) is 3.54. The lowest BCUT2D eigenvalue weighted by Gasteiger charge is -2.18. The van der Waals surface area contributed by atoms with Crippen molar-refractivity contribution in [1.29, 1.82) is 0 Å². The molecule has 4 nitrogen and oxygen atoms in total. The number of nitrogen functional groups attached to an aromatic ring is 1. The lowest BCUT2D eigenvalue weighted by atomic mass is 10.1. The summed E-state index contributed by atoms with van der Waals surface area (Å²) in [6, 6.07) is 6.17. The van der Waals surface area contributed by atoms with Gasteiger partial charge in [-0.1, -0.05) is 6.07 Å². The molecule has 0 radical (unpaired) electrons. The van der Waals surface area contributed by atoms with Crippen molar-refractivity contribution < 1.29 is 0 Å². The van der Waals surface area contributed by atoms with E-state index < -0.39 is 0 Å². The minimum Gasteiger partial charge on any atom is -0.398 e. The summed E-state index contributed by atoms with van der Waals surface area (Å²) in [7, 11) is 0. The van der Waals surface area contributed by atoms with E-state index in [4.69, 9.17) is 5.73 Å². The molecule has 0 aliphatic carbocycles. The van der Waals surface area contributed by atoms with Gasteiger partial charge in [0.1, 0.15) is 0 Å². The Hall–Kier alpha value is -1.97. The quantitative estimate of drug-likeness (QED) is 0.838. The molecule has 0 unspecified atom stereocenters. The number of aromatic nitrogens is 2. The van der Waals surface area contributed by atoms with E-state index in [0.29, 0.717) is 0 Å². The summed E-state index contributed by atoms with van der Waals surface area (Å²) in [4.78, 5) is 2.38. The van der Waals surface area contributed by atoms with Crippen LogP contribution >= 0.6 is 0 Å². The monoisotopic (exact) mass is 242 g/mol. The molecule has 2 N–H and O–H groups in total. The average molecular weight is 242 g/mol. The molecule has 0 saturated heterocycles. The molecule has 0 spiro atoms. The molecule has 1 aromatic heterocycles. The Morgan fingerprint density at radius 1 is 1.39 bits per heavy atom. The van der Waals surface area contributed by atoms with Crippen molar-refractivity contribution in [3.8, 4) is 0 Å². The summed E-state index contributed by atoms with van der Waals surface area (Å²) in [5.74, 6) is 0. The van der Waals surface area contributed by atoms with E-state index in [9.17, 15) is 0 Å². The maximum absolute atomic E-state index is 6.01. The summed E-state index contributed by atoms with van der Waals surface area (Å²) in [6.45, 7) is 4.98. The molecule has 3 rings (SSSR count). The molecule has 1 aliphatic heterocycles. The highest BCUT2D eigenvalue weighted by atomic mass is 15.3. The van der Waals surface area contributed by atoms with Crippen molar-refractivity contribution in [2.45, 2.75) is 26.4 Å². The first-order valence-electron chi connectivity index (χ1n) is 6.41. The molecule has 1 aliphatic rings. The van der Waals surface area contributed by atoms with Gasteiger partial charge in [0.2, 0.25) is 0 Å². The standard InChI is InChI=1S/C14H18N4/c1-2-18-10-11(8-16-18)9-17-7-6-12-13(15)4-3-5-14(12)17/h3-5,8,10H,2,6-7,9,15H2,1H3. The highest BCUT2D eigenvalue weighted by molar-refractivity contribution is 5.68. The summed E-state index contributed by atoms with van der Waals surface area (Å²) < 4.78 is 1.96. The lowest BCUT2D eigenvalue weighted by molar-refractivity contribution is 0.659. The fourth-order valence-electron chi connectivity index (χ4n) is 2.57. The van der Waals surface area contributed by atoms with Crippen LogP contribution in [0, 0.1) is 0 Å². The van der Waals surface area contributed by atoms with Gasteiger partial charge >= 0.3 is 0 Å². The van der Waals surface area contributed by atoms with Gasteiger partial charge in [-0.2, -0.15) is 5.10 Å². The second-order valence-corrected chi connectivity index (χ2v) is 4.72. The predicted molar refractivity (Wildman–Crippen MR) is 73.5 cm³/mol. The zero-order chi connectivity index (χ0) is 12.5. The summed E-state index contributed by atoms with van der Waals surface area (Å²) >= 11 is 0. The van der Waals surface area contributed by atoms with Gasteiger partial charge in [-0.05, 0) is 25.5 Å². The Labute approximate surface area is 107 Å². The molecule has 0 bridgehead atoms. The topological polar surface area (TPSA) is 47.1 Å². The fourth-order valence-corrected chi connectivity index (χ4v) is 2.57. The van der Waals surface area contributed by atoms with Gasteiger partial charge in [0, 0.05) is 48.3 Å². The number of aryl methyl sites for hydroxylation is 1. The Bertz CT molecular complexity index is 559. The van der Waals surface area contributed by atoms with E-state index in [0.717, 1.165) is 31.7 Å². The van der Waals surface area contributed by atoms with Crippen LogP contribution in [0.3, 0.4) is 0 Å². The van der Waals surface area contributed by atoms with Crippen LogP contribution in [0.5, 0.6) is 0 Å². The number of benzene rings is 1. The normalized spacial score (nSPS) is 13.9. The largest absolute Gasteiger partial charge is 0.398 e. The second kappa shape index (κ2) is 4.37. The van der Waals surface area contributed by atoms with Gasteiger partial charge in [-0.3, -0.25) is 4.68 Å². The van der Waals surface area contributed by atoms with E-state index in [1.165, 1.54) is 16.8 Å². The average Bonchev–Trinajstić information content (AvgIpc) is 2.98. The molecule has 94 valence electrons. The van der Waals surface area contributed by atoms with Gasteiger partial charge in [0.15, 0.2) is 0 Å². The van der Waals surface area contributed by atoms with Crippen LogP contribution in [0.2, 0.25) is 0 Å². The highest BCUT2D eigenvalue weighted by Crippen LogP contribution is 2.32. The Morgan fingerprint density at radius 2 is 2.28 bits per heavy atom. The molecule has 0 amide bonds. The molecule has 4 heteroatoms. The first kappa shape index (κ1) is 11.1. The third kappa shape index (κ3) is 1.83. The van der Waals surface area contributed by atoms with Crippen LogP contribution in [0.25, 0.3) is 0 Å². The SMILES string of the molecule is CCn1cc(CN2CCc3c(N)cccc32)cn1. The number of rotatable bonds is 3. The number of nitrogens with zero attached hydrogens (tertiary/aromatic N) is 3. The number of nitrogens with two attached hydrogens (primary N) is 1. The van der Waals surface area contributed by atoms with Crippen LogP contribution in [0.4, 0.5) is 11.4 Å². The minimum atomic E-state index is 0.913. The molecular formula is C14H18N4. The first-order valence-corrected chi connectivity index (χ1v) is 6.41. The van der Waals surface area contributed by atoms with Crippen molar-refractivity contribution in [3.05, 3.63) is 41.7 Å². The molecular weight excluding hydrogens is 224 g/mol. The van der Waals surface area contributed by atoms with E-state index >= 15 is 0 Å². The molecule has 2 heterocycles. The van der Waals surface area contributed by atoms with Crippen LogP contribution in [-0.2, 0) is 19.5 Å². The maximum atomic E-state index is 6.01. The van der Waals surface area contributed by atoms with Crippen LogP contribution in [-0.4, -0.2) is 16.3 Å². The maximum Gasteiger partial charge on any atom is 0.0539 e. The van der Waals surface area contributed by atoms with E-state index in [2.05, 4.69) is 29.2 Å². The number of fused-ring (bicyclic) bond motifs is 1. The van der Waals surface area contributed by atoms with E-state index in [1.54, 1.807) is 0 Å². The number of hydrogen-bond donors (Lipinski definition) is 1. The van der Waals surface area contributed by atoms with E-state index in [-0.39, 0.29) is 0 Å². The molecule has 0 saturated carbocycles. The lowest BCUT2D eigenvalue weighted by Crippen LogP contribution is -2.19. The van der Waals surface area contributed by atoms with Gasteiger partial charge in [-0.25, -0.2) is 0 Å². The van der Waals surface area contributed by atoms with E-state index in [1.807, 2.05) is 23.0 Å². The molecule has 0 fully saturated rings. The van der Waals surface area contributed by atoms with Crippen LogP contribution in [0.1, 0.15) is 18.1 Å². The third-order valence-corrected chi connectivity index (χ3v) is 3.54. The zero-order valence-corrected chi connectivity index (χ0v) is 10.6. The predicted octanol–water partition coefficient (Wildman–Crippen LogP) is 2.05. The van der Waals surface area contributed by atoms with Crippen molar-refractivity contribution >= 4 is 11.4 Å². The van der Waals surface area contributed by atoms with Gasteiger partial charge in [0.25, 0.3) is 0 Å². The number of anilines is 2. The summed E-state index contributed by atoms with van der Waals surface area (Å²) in [5, 5.41) is 4.32.